The number of hydrogen-bond donors (Lipinski definition) is 2. The Labute approximate surface area is 119 Å². The van der Waals surface area contributed by atoms with Crippen LogP contribution in [0.2, 0.25) is 0 Å². The first-order valence-corrected chi connectivity index (χ1v) is 7.49. The largest absolute Gasteiger partial charge is 0.393 e. The molecule has 4 heteroatoms. The van der Waals surface area contributed by atoms with Crippen LogP contribution in [0.4, 0.5) is 0 Å². The number of aliphatic hydroxyl groups excluding tert-OH is 1. The molecule has 3 rings (SSSR count). The molecular weight excluding hydrogens is 250 g/mol. The summed E-state index contributed by atoms with van der Waals surface area (Å²) in [5.41, 5.74) is 2.04. The lowest BCUT2D eigenvalue weighted by Gasteiger charge is -2.38. The van der Waals surface area contributed by atoms with Gasteiger partial charge in [-0.05, 0) is 25.0 Å². The molecule has 20 heavy (non-hydrogen) atoms. The third-order valence-corrected chi connectivity index (χ3v) is 4.53. The molecule has 0 aliphatic heterocycles. The third kappa shape index (κ3) is 2.72. The molecule has 2 aromatic rings. The summed E-state index contributed by atoms with van der Waals surface area (Å²) in [6.45, 7) is 3.79. The van der Waals surface area contributed by atoms with E-state index >= 15 is 0 Å². The number of fused-ring (bicyclic) bond motifs is 1. The molecule has 4 nitrogen and oxygen atoms in total. The Balaban J connectivity index is 1.59. The van der Waals surface area contributed by atoms with Gasteiger partial charge in [0.25, 0.3) is 0 Å². The maximum Gasteiger partial charge on any atom is 0.137 e. The topological polar surface area (TPSA) is 49.6 Å². The molecule has 1 aliphatic rings. The van der Waals surface area contributed by atoms with Gasteiger partial charge in [0.15, 0.2) is 0 Å². The van der Waals surface area contributed by atoms with E-state index in [9.17, 15) is 5.11 Å². The van der Waals surface area contributed by atoms with E-state index in [4.69, 9.17) is 0 Å². The van der Waals surface area contributed by atoms with E-state index in [1.807, 2.05) is 28.8 Å². The van der Waals surface area contributed by atoms with Crippen molar-refractivity contribution in [1.82, 2.24) is 14.7 Å². The lowest BCUT2D eigenvalue weighted by Crippen LogP contribution is -2.43. The summed E-state index contributed by atoms with van der Waals surface area (Å²) < 4.78 is 2.04. The molecule has 2 aromatic heterocycles. The van der Waals surface area contributed by atoms with Gasteiger partial charge >= 0.3 is 0 Å². The first kappa shape index (κ1) is 13.6. The van der Waals surface area contributed by atoms with Gasteiger partial charge in [0.05, 0.1) is 11.8 Å². The first-order chi connectivity index (χ1) is 9.67. The van der Waals surface area contributed by atoms with Crippen molar-refractivity contribution in [2.24, 2.45) is 5.41 Å². The summed E-state index contributed by atoms with van der Waals surface area (Å²) in [6, 6.07) is 6.01. The molecule has 0 aromatic carbocycles. The summed E-state index contributed by atoms with van der Waals surface area (Å²) in [5, 5.41) is 13.6. The van der Waals surface area contributed by atoms with Crippen molar-refractivity contribution < 1.29 is 5.11 Å². The second kappa shape index (κ2) is 5.54. The van der Waals surface area contributed by atoms with E-state index < -0.39 is 0 Å². The number of aromatic nitrogens is 2. The fourth-order valence-electron chi connectivity index (χ4n) is 3.14. The second-order valence-electron chi connectivity index (χ2n) is 6.22. The molecule has 2 heterocycles. The van der Waals surface area contributed by atoms with E-state index in [1.165, 1.54) is 6.42 Å². The van der Waals surface area contributed by atoms with Crippen molar-refractivity contribution in [3.63, 3.8) is 0 Å². The quantitative estimate of drug-likeness (QED) is 0.899. The summed E-state index contributed by atoms with van der Waals surface area (Å²) in [6.07, 6.45) is 8.32. The van der Waals surface area contributed by atoms with Gasteiger partial charge in [-0.1, -0.05) is 25.8 Å². The van der Waals surface area contributed by atoms with E-state index in [2.05, 4.69) is 23.4 Å². The number of pyridine rings is 1. The summed E-state index contributed by atoms with van der Waals surface area (Å²) in [4.78, 5) is 4.58. The van der Waals surface area contributed by atoms with Gasteiger partial charge in [-0.15, -0.1) is 0 Å². The number of hydrogen-bond acceptors (Lipinski definition) is 3. The lowest BCUT2D eigenvalue weighted by atomic mass is 9.73. The molecule has 2 unspecified atom stereocenters. The Kier molecular flexibility index (Phi) is 3.76. The minimum absolute atomic E-state index is 0.0113. The Morgan fingerprint density at radius 2 is 2.35 bits per heavy atom. The minimum Gasteiger partial charge on any atom is -0.393 e. The smallest absolute Gasteiger partial charge is 0.137 e. The molecule has 0 bridgehead atoms. The van der Waals surface area contributed by atoms with Crippen LogP contribution in [0.1, 0.15) is 38.3 Å². The fraction of sp³-hybridized carbons (Fsp3) is 0.562. The minimum atomic E-state index is -0.176. The zero-order valence-electron chi connectivity index (χ0n) is 12.0. The maximum absolute atomic E-state index is 10.2. The van der Waals surface area contributed by atoms with Crippen LogP contribution in [-0.4, -0.2) is 27.1 Å². The number of aliphatic hydroxyl groups is 1. The van der Waals surface area contributed by atoms with Gasteiger partial charge in [-0.3, -0.25) is 0 Å². The van der Waals surface area contributed by atoms with Gasteiger partial charge in [0.1, 0.15) is 5.65 Å². The predicted octanol–water partition coefficient (Wildman–Crippen LogP) is 2.37. The van der Waals surface area contributed by atoms with Crippen molar-refractivity contribution in [3.8, 4) is 0 Å². The molecule has 2 atom stereocenters. The monoisotopic (exact) mass is 273 g/mol. The Morgan fingerprint density at radius 3 is 3.15 bits per heavy atom. The van der Waals surface area contributed by atoms with Gasteiger partial charge in [0, 0.05) is 30.9 Å². The summed E-state index contributed by atoms with van der Waals surface area (Å²) in [5.74, 6) is 0. The molecule has 2 N–H and O–H groups in total. The van der Waals surface area contributed by atoms with Crippen LogP contribution in [0.15, 0.2) is 30.6 Å². The Hall–Kier alpha value is -1.39. The molecule has 0 radical (unpaired) electrons. The molecular formula is C16H23N3O. The van der Waals surface area contributed by atoms with Gasteiger partial charge in [-0.25, -0.2) is 4.98 Å². The van der Waals surface area contributed by atoms with Crippen LogP contribution < -0.4 is 5.32 Å². The van der Waals surface area contributed by atoms with Crippen molar-refractivity contribution >= 4 is 5.65 Å². The van der Waals surface area contributed by atoms with Crippen molar-refractivity contribution in [2.75, 3.05) is 6.54 Å². The molecule has 0 saturated heterocycles. The SMILES string of the molecule is CC1(CNCc2cn3ccccc3n2)CCCCC1O. The van der Waals surface area contributed by atoms with Gasteiger partial charge in [-0.2, -0.15) is 0 Å². The van der Waals surface area contributed by atoms with Gasteiger partial charge in [0.2, 0.25) is 0 Å². The zero-order chi connectivity index (χ0) is 14.0. The first-order valence-electron chi connectivity index (χ1n) is 7.49. The van der Waals surface area contributed by atoms with E-state index in [0.717, 1.165) is 43.7 Å². The highest BCUT2D eigenvalue weighted by Crippen LogP contribution is 2.35. The third-order valence-electron chi connectivity index (χ3n) is 4.53. The number of imidazole rings is 1. The van der Waals surface area contributed by atoms with Crippen LogP contribution >= 0.6 is 0 Å². The average molecular weight is 273 g/mol. The molecule has 0 amide bonds. The van der Waals surface area contributed by atoms with Crippen LogP contribution in [0.3, 0.4) is 0 Å². The molecule has 1 aliphatic carbocycles. The summed E-state index contributed by atoms with van der Waals surface area (Å²) >= 11 is 0. The standard InChI is InChI=1S/C16H23N3O/c1-16(8-4-2-6-14(16)20)12-17-10-13-11-19-9-5-3-7-15(19)18-13/h3,5,7,9,11,14,17,20H,2,4,6,8,10,12H2,1H3. The summed E-state index contributed by atoms with van der Waals surface area (Å²) in [7, 11) is 0. The maximum atomic E-state index is 10.2. The van der Waals surface area contributed by atoms with Crippen molar-refractivity contribution in [3.05, 3.63) is 36.3 Å². The predicted molar refractivity (Wildman–Crippen MR) is 79.5 cm³/mol. The van der Waals surface area contributed by atoms with Crippen molar-refractivity contribution in [2.45, 2.75) is 45.3 Å². The Bertz CT molecular complexity index is 547. The van der Waals surface area contributed by atoms with Crippen LogP contribution in [0, 0.1) is 5.41 Å². The Morgan fingerprint density at radius 1 is 1.45 bits per heavy atom. The van der Waals surface area contributed by atoms with Crippen molar-refractivity contribution in [1.29, 1.82) is 0 Å². The van der Waals surface area contributed by atoms with Gasteiger partial charge < -0.3 is 14.8 Å². The molecule has 1 fully saturated rings. The highest BCUT2D eigenvalue weighted by Gasteiger charge is 2.34. The lowest BCUT2D eigenvalue weighted by molar-refractivity contribution is 0.00111. The number of nitrogens with one attached hydrogen (secondary N) is 1. The highest BCUT2D eigenvalue weighted by molar-refractivity contribution is 5.39. The number of rotatable bonds is 4. The molecule has 0 spiro atoms. The van der Waals surface area contributed by atoms with Crippen LogP contribution in [0.25, 0.3) is 5.65 Å². The normalized spacial score (nSPS) is 27.0. The molecule has 1 saturated carbocycles. The zero-order valence-corrected chi connectivity index (χ0v) is 12.0. The average Bonchev–Trinajstić information content (AvgIpc) is 2.85. The van der Waals surface area contributed by atoms with E-state index in [-0.39, 0.29) is 11.5 Å². The number of nitrogens with zero attached hydrogens (tertiary/aromatic N) is 2. The highest BCUT2D eigenvalue weighted by atomic mass is 16.3. The van der Waals surface area contributed by atoms with E-state index in [1.54, 1.807) is 0 Å². The van der Waals surface area contributed by atoms with E-state index in [0.29, 0.717) is 0 Å². The molecule has 108 valence electrons. The second-order valence-corrected chi connectivity index (χ2v) is 6.22. The fourth-order valence-corrected chi connectivity index (χ4v) is 3.14. The van der Waals surface area contributed by atoms with Crippen LogP contribution in [0.5, 0.6) is 0 Å². The van der Waals surface area contributed by atoms with Crippen LogP contribution in [-0.2, 0) is 6.54 Å².